The van der Waals surface area contributed by atoms with E-state index < -0.39 is 5.92 Å². The molecule has 3 aromatic carbocycles. The first-order valence-electron chi connectivity index (χ1n) is 8.86. The molecular weight excluding hydrogens is 386 g/mol. The van der Waals surface area contributed by atoms with Gasteiger partial charge in [-0.3, -0.25) is 4.99 Å². The second kappa shape index (κ2) is 7.70. The smallest absolute Gasteiger partial charge is 0.205 e. The number of ether oxygens (including phenoxy) is 1. The van der Waals surface area contributed by atoms with Crippen LogP contribution >= 0.6 is 11.6 Å². The van der Waals surface area contributed by atoms with Crippen LogP contribution in [0.1, 0.15) is 22.6 Å². The number of phenols is 1. The average molecular weight is 402 g/mol. The van der Waals surface area contributed by atoms with E-state index in [1.54, 1.807) is 18.2 Å². The normalized spacial score (nSPS) is 15.7. The topological polar surface area (TPSA) is 91.6 Å². The first-order chi connectivity index (χ1) is 14.1. The van der Waals surface area contributed by atoms with Crippen LogP contribution < -0.4 is 10.5 Å². The van der Waals surface area contributed by atoms with Crippen LogP contribution in [0.3, 0.4) is 0 Å². The summed E-state index contributed by atoms with van der Waals surface area (Å²) in [4.78, 5) is 4.38. The number of fused-ring (bicyclic) bond motifs is 1. The molecule has 0 saturated heterocycles. The van der Waals surface area contributed by atoms with Crippen LogP contribution in [0.4, 0.5) is 5.69 Å². The van der Waals surface area contributed by atoms with Gasteiger partial charge < -0.3 is 15.6 Å². The summed E-state index contributed by atoms with van der Waals surface area (Å²) in [5.41, 5.74) is 8.99. The average Bonchev–Trinajstić information content (AvgIpc) is 2.73. The molecule has 0 aromatic heterocycles. The minimum Gasteiger partial charge on any atom is -0.507 e. The number of hydrogen-bond acceptors (Lipinski definition) is 5. The molecule has 0 amide bonds. The van der Waals surface area contributed by atoms with Crippen LogP contribution in [-0.4, -0.2) is 11.3 Å². The number of aliphatic imine (C=N–C) groups is 1. The van der Waals surface area contributed by atoms with Gasteiger partial charge in [-0.25, -0.2) is 0 Å². The number of nitrogens with two attached hydrogens (primary N) is 1. The Morgan fingerprint density at radius 1 is 1.10 bits per heavy atom. The number of nitriles is 1. The number of benzene rings is 3. The predicted octanol–water partition coefficient (Wildman–Crippen LogP) is 5.01. The molecule has 0 saturated carbocycles. The molecule has 3 N–H and O–H groups in total. The zero-order valence-electron chi connectivity index (χ0n) is 15.2. The minimum atomic E-state index is -0.405. The van der Waals surface area contributed by atoms with Gasteiger partial charge in [0.15, 0.2) is 0 Å². The van der Waals surface area contributed by atoms with E-state index in [-0.39, 0.29) is 11.6 Å². The zero-order valence-corrected chi connectivity index (χ0v) is 16.0. The van der Waals surface area contributed by atoms with E-state index in [9.17, 15) is 10.4 Å². The van der Waals surface area contributed by atoms with Gasteiger partial charge in [-0.05, 0) is 23.8 Å². The molecule has 0 spiro atoms. The fraction of sp³-hybridized carbons (Fsp3) is 0.0435. The summed E-state index contributed by atoms with van der Waals surface area (Å²) >= 11 is 6.15. The van der Waals surface area contributed by atoms with Crippen molar-refractivity contribution in [2.75, 3.05) is 0 Å². The Kier molecular flexibility index (Phi) is 4.94. The van der Waals surface area contributed by atoms with Gasteiger partial charge in [0.25, 0.3) is 0 Å². The Morgan fingerprint density at radius 2 is 1.83 bits per heavy atom. The molecule has 142 valence electrons. The number of nitrogens with zero attached hydrogens (tertiary/aromatic N) is 2. The minimum absolute atomic E-state index is 0.0143. The van der Waals surface area contributed by atoms with Crippen LogP contribution in [0.5, 0.6) is 11.5 Å². The maximum absolute atomic E-state index is 10.5. The van der Waals surface area contributed by atoms with Crippen molar-refractivity contribution in [2.24, 2.45) is 10.7 Å². The Labute approximate surface area is 173 Å². The SMILES string of the molecule is N#CC1=C(N)Oc2cc(O)c(C=Nc3ccccc3Cl)cc2C1c1ccccc1. The number of hydrogen-bond donors (Lipinski definition) is 2. The summed E-state index contributed by atoms with van der Waals surface area (Å²) in [6.07, 6.45) is 1.53. The van der Waals surface area contributed by atoms with Gasteiger partial charge in [0.1, 0.15) is 23.1 Å². The standard InChI is InChI=1S/C23H16ClN3O2/c24-18-8-4-5-9-19(18)27-13-15-10-16-21(11-20(15)28)29-23(26)17(12-25)22(16)14-6-2-1-3-7-14/h1-11,13,22,28H,26H2. The van der Waals surface area contributed by atoms with Crippen LogP contribution in [-0.2, 0) is 0 Å². The molecule has 0 bridgehead atoms. The lowest BCUT2D eigenvalue weighted by atomic mass is 9.83. The fourth-order valence-electron chi connectivity index (χ4n) is 3.30. The molecule has 6 heteroatoms. The van der Waals surface area contributed by atoms with Crippen LogP contribution in [0.2, 0.25) is 5.02 Å². The summed E-state index contributed by atoms with van der Waals surface area (Å²) in [5.74, 6) is 0.0195. The van der Waals surface area contributed by atoms with Crippen molar-refractivity contribution in [3.63, 3.8) is 0 Å². The van der Waals surface area contributed by atoms with Gasteiger partial charge in [-0.1, -0.05) is 54.1 Å². The maximum atomic E-state index is 10.5. The van der Waals surface area contributed by atoms with Crippen molar-refractivity contribution in [1.82, 2.24) is 0 Å². The lowest BCUT2D eigenvalue weighted by Gasteiger charge is -2.27. The van der Waals surface area contributed by atoms with Crippen LogP contribution in [0, 0.1) is 11.3 Å². The maximum Gasteiger partial charge on any atom is 0.205 e. The van der Waals surface area contributed by atoms with Gasteiger partial charge >= 0.3 is 0 Å². The molecule has 3 aromatic rings. The molecule has 0 radical (unpaired) electrons. The van der Waals surface area contributed by atoms with E-state index >= 15 is 0 Å². The molecule has 0 aliphatic carbocycles. The highest BCUT2D eigenvalue weighted by Crippen LogP contribution is 2.44. The van der Waals surface area contributed by atoms with Crippen molar-refractivity contribution >= 4 is 23.5 Å². The van der Waals surface area contributed by atoms with Crippen molar-refractivity contribution in [2.45, 2.75) is 5.92 Å². The first kappa shape index (κ1) is 18.6. The summed E-state index contributed by atoms with van der Waals surface area (Å²) in [6, 6.07) is 22.1. The second-order valence-corrected chi connectivity index (χ2v) is 6.90. The van der Waals surface area contributed by atoms with Gasteiger partial charge in [-0.15, -0.1) is 0 Å². The molecule has 1 heterocycles. The molecule has 29 heavy (non-hydrogen) atoms. The van der Waals surface area contributed by atoms with E-state index in [0.717, 1.165) is 11.1 Å². The molecule has 1 unspecified atom stereocenters. The molecule has 5 nitrogen and oxygen atoms in total. The van der Waals surface area contributed by atoms with Crippen molar-refractivity contribution < 1.29 is 9.84 Å². The largest absolute Gasteiger partial charge is 0.507 e. The van der Waals surface area contributed by atoms with E-state index in [4.69, 9.17) is 22.1 Å². The lowest BCUT2D eigenvalue weighted by Crippen LogP contribution is -2.21. The van der Waals surface area contributed by atoms with Crippen molar-refractivity contribution in [1.29, 1.82) is 5.26 Å². The Morgan fingerprint density at radius 3 is 2.55 bits per heavy atom. The van der Waals surface area contributed by atoms with E-state index in [1.165, 1.54) is 12.3 Å². The lowest BCUT2D eigenvalue weighted by molar-refractivity contribution is 0.388. The Balaban J connectivity index is 1.83. The molecule has 0 fully saturated rings. The fourth-order valence-corrected chi connectivity index (χ4v) is 3.48. The molecule has 1 aliphatic rings. The number of rotatable bonds is 3. The highest BCUT2D eigenvalue weighted by molar-refractivity contribution is 6.33. The highest BCUT2D eigenvalue weighted by atomic mass is 35.5. The van der Waals surface area contributed by atoms with Crippen LogP contribution in [0.25, 0.3) is 0 Å². The zero-order chi connectivity index (χ0) is 20.4. The molecule has 4 rings (SSSR count). The molecule has 1 aliphatic heterocycles. The summed E-state index contributed by atoms with van der Waals surface area (Å²) in [6.45, 7) is 0. The monoisotopic (exact) mass is 401 g/mol. The van der Waals surface area contributed by atoms with Gasteiger partial charge in [0.05, 0.1) is 16.6 Å². The number of aromatic hydroxyl groups is 1. The van der Waals surface area contributed by atoms with Crippen LogP contribution in [0.15, 0.2) is 83.2 Å². The summed E-state index contributed by atoms with van der Waals surface area (Å²) in [7, 11) is 0. The van der Waals surface area contributed by atoms with E-state index in [0.29, 0.717) is 27.6 Å². The molecular formula is C23H16ClN3O2. The summed E-state index contributed by atoms with van der Waals surface area (Å²) in [5, 5.41) is 20.6. The third kappa shape index (κ3) is 3.54. The molecule has 1 atom stereocenters. The number of phenolic OH excluding ortho intramolecular Hbond substituents is 1. The second-order valence-electron chi connectivity index (χ2n) is 6.49. The third-order valence-corrected chi connectivity index (χ3v) is 5.01. The quantitative estimate of drug-likeness (QED) is 0.603. The van der Waals surface area contributed by atoms with Gasteiger partial charge in [0.2, 0.25) is 5.88 Å². The number of halogens is 1. The summed E-state index contributed by atoms with van der Waals surface area (Å²) < 4.78 is 5.61. The van der Waals surface area contributed by atoms with Gasteiger partial charge in [-0.2, -0.15) is 5.26 Å². The first-order valence-corrected chi connectivity index (χ1v) is 9.24. The Bertz CT molecular complexity index is 1180. The number of para-hydroxylation sites is 1. The van der Waals surface area contributed by atoms with Crippen molar-refractivity contribution in [3.05, 3.63) is 99.9 Å². The van der Waals surface area contributed by atoms with E-state index in [1.807, 2.05) is 42.5 Å². The predicted molar refractivity (Wildman–Crippen MR) is 113 cm³/mol. The Hall–Kier alpha value is -3.75. The van der Waals surface area contributed by atoms with Gasteiger partial charge in [0, 0.05) is 23.4 Å². The third-order valence-electron chi connectivity index (χ3n) is 4.69. The highest BCUT2D eigenvalue weighted by Gasteiger charge is 2.31. The number of allylic oxidation sites excluding steroid dienone is 1. The van der Waals surface area contributed by atoms with Crippen molar-refractivity contribution in [3.8, 4) is 17.6 Å². The van der Waals surface area contributed by atoms with E-state index in [2.05, 4.69) is 11.1 Å².